The summed E-state index contributed by atoms with van der Waals surface area (Å²) in [5.41, 5.74) is -1.97. The predicted molar refractivity (Wildman–Crippen MR) is 69.7 cm³/mol. The molecule has 1 rings (SSSR count). The summed E-state index contributed by atoms with van der Waals surface area (Å²) in [6.07, 6.45) is 11.7. The average Bonchev–Trinajstić information content (AvgIpc) is 2.29. The van der Waals surface area contributed by atoms with Crippen LogP contribution in [0.1, 0.15) is 34.1 Å². The first kappa shape index (κ1) is 14.3. The van der Waals surface area contributed by atoms with Crippen LogP contribution in [0.4, 0.5) is 0 Å². The third kappa shape index (κ3) is 2.13. The van der Waals surface area contributed by atoms with Gasteiger partial charge in [0.15, 0.2) is 0 Å². The highest BCUT2D eigenvalue weighted by Crippen LogP contribution is 2.50. The molecule has 0 spiro atoms. The first-order chi connectivity index (χ1) is 8.33. The van der Waals surface area contributed by atoms with Gasteiger partial charge in [0.25, 0.3) is 0 Å². The van der Waals surface area contributed by atoms with Gasteiger partial charge in [-0.2, -0.15) is 9.98 Å². The quantitative estimate of drug-likeness (QED) is 0.565. The Morgan fingerprint density at radius 3 is 1.83 bits per heavy atom. The molecular formula is C14H18N2O2. The van der Waals surface area contributed by atoms with E-state index in [1.54, 1.807) is 12.2 Å². The van der Waals surface area contributed by atoms with Gasteiger partial charge in [-0.15, -0.1) is 0 Å². The van der Waals surface area contributed by atoms with Gasteiger partial charge < -0.3 is 0 Å². The molecule has 0 aromatic rings. The SMILES string of the molecule is CC(C)(N=C=O)C1(C(C)(C)N=C=O)C=CC=CC1. The van der Waals surface area contributed by atoms with Crippen LogP contribution in [0.3, 0.4) is 0 Å². The van der Waals surface area contributed by atoms with Gasteiger partial charge in [-0.05, 0) is 34.1 Å². The molecule has 4 heteroatoms. The van der Waals surface area contributed by atoms with Crippen LogP contribution in [-0.2, 0) is 9.59 Å². The molecule has 0 heterocycles. The minimum atomic E-state index is -0.708. The molecular weight excluding hydrogens is 228 g/mol. The predicted octanol–water partition coefficient (Wildman–Crippen LogP) is 2.72. The molecule has 0 aliphatic heterocycles. The smallest absolute Gasteiger partial charge is 0.211 e. The topological polar surface area (TPSA) is 58.9 Å². The van der Waals surface area contributed by atoms with Gasteiger partial charge >= 0.3 is 0 Å². The average molecular weight is 246 g/mol. The van der Waals surface area contributed by atoms with E-state index in [0.29, 0.717) is 6.42 Å². The molecule has 4 nitrogen and oxygen atoms in total. The second-order valence-electron chi connectivity index (χ2n) is 5.49. The number of isocyanates is 2. The summed E-state index contributed by atoms with van der Waals surface area (Å²) in [7, 11) is 0. The maximum absolute atomic E-state index is 10.6. The fraction of sp³-hybridized carbons (Fsp3) is 0.571. The van der Waals surface area contributed by atoms with Gasteiger partial charge in [-0.1, -0.05) is 24.3 Å². The van der Waals surface area contributed by atoms with Crippen molar-refractivity contribution in [2.45, 2.75) is 45.2 Å². The summed E-state index contributed by atoms with van der Waals surface area (Å²) in [6, 6.07) is 0. The molecule has 96 valence electrons. The molecule has 0 bridgehead atoms. The van der Waals surface area contributed by atoms with Crippen LogP contribution in [0, 0.1) is 5.41 Å². The van der Waals surface area contributed by atoms with E-state index < -0.39 is 16.5 Å². The van der Waals surface area contributed by atoms with Gasteiger partial charge in [-0.25, -0.2) is 9.59 Å². The Balaban J connectivity index is 3.46. The Morgan fingerprint density at radius 2 is 1.50 bits per heavy atom. The summed E-state index contributed by atoms with van der Waals surface area (Å²) in [6.45, 7) is 7.40. The van der Waals surface area contributed by atoms with Crippen LogP contribution in [-0.4, -0.2) is 23.2 Å². The zero-order valence-electron chi connectivity index (χ0n) is 11.2. The van der Waals surface area contributed by atoms with E-state index >= 15 is 0 Å². The molecule has 0 saturated carbocycles. The first-order valence-corrected chi connectivity index (χ1v) is 5.85. The van der Waals surface area contributed by atoms with E-state index in [4.69, 9.17) is 0 Å². The first-order valence-electron chi connectivity index (χ1n) is 5.85. The number of carbonyl (C=O) groups excluding carboxylic acids is 2. The molecule has 0 amide bonds. The van der Waals surface area contributed by atoms with E-state index in [-0.39, 0.29) is 0 Å². The molecule has 0 N–H and O–H groups in total. The lowest BCUT2D eigenvalue weighted by molar-refractivity contribution is 0.120. The van der Waals surface area contributed by atoms with Crippen LogP contribution in [0.2, 0.25) is 0 Å². The van der Waals surface area contributed by atoms with Crippen LogP contribution < -0.4 is 0 Å². The number of hydrogen-bond acceptors (Lipinski definition) is 4. The van der Waals surface area contributed by atoms with Gasteiger partial charge in [0.05, 0.1) is 11.1 Å². The molecule has 0 aromatic heterocycles. The molecule has 0 fully saturated rings. The van der Waals surface area contributed by atoms with Crippen LogP contribution in [0.15, 0.2) is 34.3 Å². The van der Waals surface area contributed by atoms with Gasteiger partial charge in [-0.3, -0.25) is 0 Å². The van der Waals surface area contributed by atoms with E-state index in [2.05, 4.69) is 9.98 Å². The maximum Gasteiger partial charge on any atom is 0.235 e. The monoisotopic (exact) mass is 246 g/mol. The molecule has 0 unspecified atom stereocenters. The lowest BCUT2D eigenvalue weighted by Gasteiger charge is -2.49. The normalized spacial score (nSPS) is 23.1. The number of aliphatic imine (C=N–C) groups is 2. The zero-order valence-corrected chi connectivity index (χ0v) is 11.2. The van der Waals surface area contributed by atoms with Crippen molar-refractivity contribution in [2.75, 3.05) is 0 Å². The number of allylic oxidation sites excluding steroid dienone is 3. The van der Waals surface area contributed by atoms with E-state index in [1.165, 1.54) is 0 Å². The molecule has 0 aromatic carbocycles. The van der Waals surface area contributed by atoms with Crippen molar-refractivity contribution in [2.24, 2.45) is 15.4 Å². The minimum Gasteiger partial charge on any atom is -0.211 e. The van der Waals surface area contributed by atoms with Gasteiger partial charge in [0, 0.05) is 5.41 Å². The second kappa shape index (κ2) is 4.85. The lowest BCUT2D eigenvalue weighted by Crippen LogP contribution is -2.54. The highest BCUT2D eigenvalue weighted by molar-refractivity contribution is 5.41. The Hall–Kier alpha value is -1.76. The van der Waals surface area contributed by atoms with Crippen molar-refractivity contribution in [1.29, 1.82) is 0 Å². The van der Waals surface area contributed by atoms with Crippen LogP contribution in [0.5, 0.6) is 0 Å². The van der Waals surface area contributed by atoms with E-state index in [1.807, 2.05) is 52.0 Å². The standard InChI is InChI=1S/C14H18N2O2/c1-12(2,15-10-17)14(8-6-5-7-9-14)13(3,4)16-11-18/h5-8H,9H2,1-4H3. The minimum absolute atomic E-state index is 0.552. The fourth-order valence-electron chi connectivity index (χ4n) is 2.70. The van der Waals surface area contributed by atoms with Crippen molar-refractivity contribution in [3.05, 3.63) is 24.3 Å². The highest BCUT2D eigenvalue weighted by atomic mass is 16.1. The molecule has 0 saturated heterocycles. The molecule has 1 aliphatic rings. The van der Waals surface area contributed by atoms with Crippen molar-refractivity contribution in [3.63, 3.8) is 0 Å². The van der Waals surface area contributed by atoms with Crippen molar-refractivity contribution >= 4 is 12.2 Å². The summed E-state index contributed by atoms with van der Waals surface area (Å²) < 4.78 is 0. The Bertz CT molecular complexity index is 444. The molecule has 0 atom stereocenters. The Kier molecular flexibility index (Phi) is 3.85. The lowest BCUT2D eigenvalue weighted by atomic mass is 9.58. The highest BCUT2D eigenvalue weighted by Gasteiger charge is 2.54. The second-order valence-corrected chi connectivity index (χ2v) is 5.49. The summed E-state index contributed by atoms with van der Waals surface area (Å²) in [5, 5.41) is 0. The van der Waals surface area contributed by atoms with Crippen molar-refractivity contribution < 1.29 is 9.59 Å². The van der Waals surface area contributed by atoms with E-state index in [9.17, 15) is 9.59 Å². The van der Waals surface area contributed by atoms with Gasteiger partial charge in [0.1, 0.15) is 0 Å². The summed E-state index contributed by atoms with van der Waals surface area (Å²) in [4.78, 5) is 29.1. The summed E-state index contributed by atoms with van der Waals surface area (Å²) in [5.74, 6) is 0. The molecule has 1 aliphatic carbocycles. The number of nitrogens with zero attached hydrogens (tertiary/aromatic N) is 2. The molecule has 18 heavy (non-hydrogen) atoms. The number of rotatable bonds is 4. The third-order valence-corrected chi connectivity index (χ3v) is 3.90. The fourth-order valence-corrected chi connectivity index (χ4v) is 2.70. The molecule has 0 radical (unpaired) electrons. The zero-order chi connectivity index (χ0) is 13.9. The maximum atomic E-state index is 10.6. The Morgan fingerprint density at radius 1 is 1.00 bits per heavy atom. The van der Waals surface area contributed by atoms with Crippen LogP contribution in [0.25, 0.3) is 0 Å². The van der Waals surface area contributed by atoms with Crippen LogP contribution >= 0.6 is 0 Å². The Labute approximate surface area is 107 Å². The summed E-state index contributed by atoms with van der Waals surface area (Å²) >= 11 is 0. The van der Waals surface area contributed by atoms with Crippen molar-refractivity contribution in [1.82, 2.24) is 0 Å². The third-order valence-electron chi connectivity index (χ3n) is 3.90. The van der Waals surface area contributed by atoms with Crippen molar-refractivity contribution in [3.8, 4) is 0 Å². The van der Waals surface area contributed by atoms with E-state index in [0.717, 1.165) is 0 Å². The number of hydrogen-bond donors (Lipinski definition) is 0. The van der Waals surface area contributed by atoms with Gasteiger partial charge in [0.2, 0.25) is 12.2 Å². The largest absolute Gasteiger partial charge is 0.235 e.